The van der Waals surface area contributed by atoms with Crippen molar-refractivity contribution in [1.82, 2.24) is 10.2 Å². The third kappa shape index (κ3) is 4.80. The normalized spacial score (nSPS) is 12.8. The highest BCUT2D eigenvalue weighted by Crippen LogP contribution is 2.33. The lowest BCUT2D eigenvalue weighted by molar-refractivity contribution is -0.132. The number of anilines is 1. The van der Waals surface area contributed by atoms with Gasteiger partial charge in [-0.25, -0.2) is 0 Å². The van der Waals surface area contributed by atoms with E-state index in [1.165, 1.54) is 5.56 Å². The van der Waals surface area contributed by atoms with Crippen molar-refractivity contribution in [3.63, 3.8) is 0 Å². The first kappa shape index (κ1) is 20.5. The van der Waals surface area contributed by atoms with Gasteiger partial charge in [-0.05, 0) is 48.2 Å². The molecule has 0 saturated heterocycles. The molecule has 0 aromatic heterocycles. The number of rotatable bonds is 7. The van der Waals surface area contributed by atoms with Gasteiger partial charge >= 0.3 is 0 Å². The molecule has 29 heavy (non-hydrogen) atoms. The van der Waals surface area contributed by atoms with Crippen molar-refractivity contribution >= 4 is 17.5 Å². The van der Waals surface area contributed by atoms with Crippen LogP contribution in [0.15, 0.2) is 36.4 Å². The summed E-state index contributed by atoms with van der Waals surface area (Å²) >= 11 is 0. The number of benzene rings is 2. The first-order valence-electron chi connectivity index (χ1n) is 9.67. The fraction of sp³-hybridized carbons (Fsp3) is 0.364. The summed E-state index contributed by atoms with van der Waals surface area (Å²) in [7, 11) is 3.22. The standard InChI is InChI=1S/C22H27N3O4/c1-28-19-12-15-9-11-25(14-16(15)13-20(19)29-2)21(26)8-5-10-24-22(27)17-6-3-4-7-18(17)23/h3-4,6-7,12-13H,5,8-11,14,23H2,1-2H3,(H,24,27). The molecule has 0 bridgehead atoms. The average molecular weight is 397 g/mol. The van der Waals surface area contributed by atoms with Crippen LogP contribution >= 0.6 is 0 Å². The van der Waals surface area contributed by atoms with Crippen molar-refractivity contribution in [2.45, 2.75) is 25.8 Å². The molecule has 1 aliphatic heterocycles. The lowest BCUT2D eigenvalue weighted by Crippen LogP contribution is -2.36. The molecule has 7 nitrogen and oxygen atoms in total. The molecular formula is C22H27N3O4. The van der Waals surface area contributed by atoms with Gasteiger partial charge in [0, 0.05) is 31.7 Å². The molecule has 2 amide bonds. The van der Waals surface area contributed by atoms with E-state index in [1.807, 2.05) is 17.0 Å². The van der Waals surface area contributed by atoms with E-state index in [9.17, 15) is 9.59 Å². The van der Waals surface area contributed by atoms with Gasteiger partial charge < -0.3 is 25.4 Å². The maximum absolute atomic E-state index is 12.6. The Kier molecular flexibility index (Phi) is 6.59. The van der Waals surface area contributed by atoms with E-state index >= 15 is 0 Å². The average Bonchev–Trinajstić information content (AvgIpc) is 2.75. The van der Waals surface area contributed by atoms with Crippen LogP contribution in [0.4, 0.5) is 5.69 Å². The summed E-state index contributed by atoms with van der Waals surface area (Å²) in [4.78, 5) is 26.6. The number of amides is 2. The first-order valence-corrected chi connectivity index (χ1v) is 9.67. The van der Waals surface area contributed by atoms with E-state index < -0.39 is 0 Å². The highest BCUT2D eigenvalue weighted by atomic mass is 16.5. The topological polar surface area (TPSA) is 93.9 Å². The smallest absolute Gasteiger partial charge is 0.253 e. The molecule has 2 aromatic carbocycles. The number of ether oxygens (including phenoxy) is 2. The number of nitrogens with zero attached hydrogens (tertiary/aromatic N) is 1. The van der Waals surface area contributed by atoms with Crippen molar-refractivity contribution in [1.29, 1.82) is 0 Å². The van der Waals surface area contributed by atoms with E-state index in [4.69, 9.17) is 15.2 Å². The Morgan fingerprint density at radius 3 is 2.48 bits per heavy atom. The van der Waals surface area contributed by atoms with Crippen LogP contribution < -0.4 is 20.5 Å². The molecule has 1 heterocycles. The summed E-state index contributed by atoms with van der Waals surface area (Å²) in [5.74, 6) is 1.24. The van der Waals surface area contributed by atoms with Crippen LogP contribution in [-0.4, -0.2) is 44.0 Å². The minimum atomic E-state index is -0.219. The molecule has 7 heteroatoms. The van der Waals surface area contributed by atoms with E-state index in [0.717, 1.165) is 12.0 Å². The Labute approximate surface area is 170 Å². The number of para-hydroxylation sites is 1. The fourth-order valence-electron chi connectivity index (χ4n) is 3.49. The second-order valence-electron chi connectivity index (χ2n) is 6.99. The molecule has 0 aliphatic carbocycles. The summed E-state index contributed by atoms with van der Waals surface area (Å²) in [6.07, 6.45) is 1.74. The highest BCUT2D eigenvalue weighted by molar-refractivity contribution is 5.99. The number of carbonyl (C=O) groups excluding carboxylic acids is 2. The van der Waals surface area contributed by atoms with Crippen molar-refractivity contribution in [3.05, 3.63) is 53.1 Å². The van der Waals surface area contributed by atoms with Gasteiger partial charge in [-0.3, -0.25) is 9.59 Å². The van der Waals surface area contributed by atoms with Gasteiger partial charge in [0.2, 0.25) is 5.91 Å². The van der Waals surface area contributed by atoms with Gasteiger partial charge in [0.15, 0.2) is 11.5 Å². The van der Waals surface area contributed by atoms with Crippen LogP contribution in [0.2, 0.25) is 0 Å². The van der Waals surface area contributed by atoms with E-state index in [2.05, 4.69) is 5.32 Å². The molecule has 0 unspecified atom stereocenters. The van der Waals surface area contributed by atoms with Crippen LogP contribution in [0.3, 0.4) is 0 Å². The number of nitrogen functional groups attached to an aromatic ring is 1. The third-order valence-electron chi connectivity index (χ3n) is 5.13. The monoisotopic (exact) mass is 397 g/mol. The Morgan fingerprint density at radius 2 is 1.79 bits per heavy atom. The zero-order chi connectivity index (χ0) is 20.8. The van der Waals surface area contributed by atoms with Gasteiger partial charge in [0.05, 0.1) is 19.8 Å². The molecule has 2 aromatic rings. The van der Waals surface area contributed by atoms with Crippen LogP contribution in [0.5, 0.6) is 11.5 Å². The van der Waals surface area contributed by atoms with Gasteiger partial charge in [0.25, 0.3) is 5.91 Å². The second kappa shape index (κ2) is 9.32. The number of nitrogens with two attached hydrogens (primary N) is 1. The quantitative estimate of drug-likeness (QED) is 0.553. The molecule has 3 N–H and O–H groups in total. The summed E-state index contributed by atoms with van der Waals surface area (Å²) in [6.45, 7) is 1.66. The molecule has 0 saturated carbocycles. The highest BCUT2D eigenvalue weighted by Gasteiger charge is 2.22. The molecular weight excluding hydrogens is 370 g/mol. The van der Waals surface area contributed by atoms with Gasteiger partial charge in [-0.2, -0.15) is 0 Å². The van der Waals surface area contributed by atoms with Crippen molar-refractivity contribution in [2.75, 3.05) is 33.0 Å². The predicted molar refractivity (Wildman–Crippen MR) is 111 cm³/mol. The van der Waals surface area contributed by atoms with Gasteiger partial charge in [-0.15, -0.1) is 0 Å². The summed E-state index contributed by atoms with van der Waals surface area (Å²) < 4.78 is 10.7. The molecule has 0 radical (unpaired) electrons. The van der Waals surface area contributed by atoms with Crippen LogP contribution in [0.25, 0.3) is 0 Å². The number of nitrogens with one attached hydrogen (secondary N) is 1. The molecule has 1 aliphatic rings. The van der Waals surface area contributed by atoms with Crippen LogP contribution in [-0.2, 0) is 17.8 Å². The van der Waals surface area contributed by atoms with E-state index in [1.54, 1.807) is 38.5 Å². The zero-order valence-electron chi connectivity index (χ0n) is 16.9. The third-order valence-corrected chi connectivity index (χ3v) is 5.13. The Morgan fingerprint density at radius 1 is 1.10 bits per heavy atom. The minimum Gasteiger partial charge on any atom is -0.493 e. The van der Waals surface area contributed by atoms with Crippen LogP contribution in [0.1, 0.15) is 34.3 Å². The molecule has 3 rings (SSSR count). The molecule has 154 valence electrons. The van der Waals surface area contributed by atoms with Crippen molar-refractivity contribution < 1.29 is 19.1 Å². The summed E-state index contributed by atoms with van der Waals surface area (Å²) in [5, 5.41) is 2.82. The number of carbonyl (C=O) groups is 2. The number of hydrogen-bond donors (Lipinski definition) is 2. The Balaban J connectivity index is 1.50. The molecule has 0 fully saturated rings. The van der Waals surface area contributed by atoms with E-state index in [0.29, 0.717) is 55.2 Å². The Bertz CT molecular complexity index is 898. The maximum atomic E-state index is 12.6. The minimum absolute atomic E-state index is 0.0823. The van der Waals surface area contributed by atoms with Gasteiger partial charge in [-0.1, -0.05) is 12.1 Å². The number of fused-ring (bicyclic) bond motifs is 1. The largest absolute Gasteiger partial charge is 0.493 e. The maximum Gasteiger partial charge on any atom is 0.253 e. The molecule has 0 spiro atoms. The second-order valence-corrected chi connectivity index (χ2v) is 6.99. The number of methoxy groups -OCH3 is 2. The predicted octanol–water partition coefficient (Wildman–Crippen LogP) is 2.38. The van der Waals surface area contributed by atoms with Gasteiger partial charge in [0.1, 0.15) is 0 Å². The van der Waals surface area contributed by atoms with Crippen LogP contribution in [0, 0.1) is 0 Å². The van der Waals surface area contributed by atoms with Crippen molar-refractivity contribution in [3.8, 4) is 11.5 Å². The summed E-state index contributed by atoms with van der Waals surface area (Å²) in [6, 6.07) is 10.9. The van der Waals surface area contributed by atoms with Crippen molar-refractivity contribution in [2.24, 2.45) is 0 Å². The fourth-order valence-corrected chi connectivity index (χ4v) is 3.49. The Hall–Kier alpha value is -3.22. The SMILES string of the molecule is COc1cc2c(cc1OC)CN(C(=O)CCCNC(=O)c1ccccc1N)CC2. The summed E-state index contributed by atoms with van der Waals surface area (Å²) in [5.41, 5.74) is 8.97. The lowest BCUT2D eigenvalue weighted by Gasteiger charge is -2.29. The van der Waals surface area contributed by atoms with E-state index in [-0.39, 0.29) is 11.8 Å². The number of hydrogen-bond acceptors (Lipinski definition) is 5. The molecule has 0 atom stereocenters. The first-order chi connectivity index (χ1) is 14.0. The lowest BCUT2D eigenvalue weighted by atomic mass is 9.98. The zero-order valence-corrected chi connectivity index (χ0v) is 16.9.